The lowest BCUT2D eigenvalue weighted by Gasteiger charge is -2.26. The summed E-state index contributed by atoms with van der Waals surface area (Å²) in [5.41, 5.74) is 0.196. The number of esters is 1. The molecule has 0 radical (unpaired) electrons. The summed E-state index contributed by atoms with van der Waals surface area (Å²) in [4.78, 5) is 68.5. The van der Waals surface area contributed by atoms with Gasteiger partial charge in [-0.25, -0.2) is 4.79 Å². The minimum atomic E-state index is -1.19. The Morgan fingerprint density at radius 3 is 2.50 bits per heavy atom. The lowest BCUT2D eigenvalue weighted by molar-refractivity contribution is -0.769. The highest BCUT2D eigenvalue weighted by Crippen LogP contribution is 2.55. The number of nitrogens with zero attached hydrogens (tertiary/aromatic N) is 3. The van der Waals surface area contributed by atoms with Crippen LogP contribution in [0.5, 0.6) is 0 Å². The van der Waals surface area contributed by atoms with Gasteiger partial charge in [0, 0.05) is 33.0 Å². The van der Waals surface area contributed by atoms with E-state index >= 15 is 0 Å². The molecule has 2 rings (SSSR count). The fourth-order valence-corrected chi connectivity index (χ4v) is 4.39. The number of benzene rings is 1. The quantitative estimate of drug-likeness (QED) is 0.102. The molecule has 1 aromatic rings. The zero-order chi connectivity index (χ0) is 28.1. The Hall–Kier alpha value is -3.97. The Bertz CT molecular complexity index is 959. The van der Waals surface area contributed by atoms with Crippen LogP contribution in [-0.4, -0.2) is 66.6 Å². The average Bonchev–Trinajstić information content (AvgIpc) is 3.62. The van der Waals surface area contributed by atoms with Crippen molar-refractivity contribution in [3.63, 3.8) is 0 Å². The smallest absolute Gasteiger partial charge is 0.410 e. The van der Waals surface area contributed by atoms with E-state index in [0.717, 1.165) is 5.56 Å². The molecule has 0 aromatic heterocycles. The van der Waals surface area contributed by atoms with Crippen molar-refractivity contribution in [3.8, 4) is 0 Å². The van der Waals surface area contributed by atoms with Gasteiger partial charge in [-0.3, -0.25) is 9.59 Å². The van der Waals surface area contributed by atoms with Gasteiger partial charge in [0.05, 0.1) is 5.41 Å². The van der Waals surface area contributed by atoms with E-state index in [1.807, 2.05) is 44.2 Å². The van der Waals surface area contributed by atoms with E-state index < -0.39 is 41.6 Å². The molecule has 1 saturated carbocycles. The number of carbonyl (C=O) groups excluding carboxylic acids is 3. The summed E-state index contributed by atoms with van der Waals surface area (Å²) in [5.74, 6) is -0.790. The van der Waals surface area contributed by atoms with Crippen LogP contribution in [0.15, 0.2) is 35.7 Å². The SMILES string of the molecule is CCN(CC)C(=O)[C@]1(c2ccccc2)C[C@@H]1CNC(=O)OC(C)OC(=O)CCCC(CON=O)O[N+](=O)[O-]. The first kappa shape index (κ1) is 30.3. The van der Waals surface area contributed by atoms with Crippen molar-refractivity contribution < 1.29 is 38.6 Å². The molecule has 38 heavy (non-hydrogen) atoms. The number of nitrogens with one attached hydrogen (secondary N) is 1. The molecule has 14 nitrogen and oxygen atoms in total. The highest BCUT2D eigenvalue weighted by atomic mass is 17.0. The van der Waals surface area contributed by atoms with Crippen LogP contribution in [0.1, 0.15) is 52.0 Å². The number of hydrogen-bond acceptors (Lipinski definition) is 11. The standard InChI is InChI=1S/C24H34N4O10/c1-4-27(5-2)22(30)24(18-10-7-6-8-11-18)14-19(24)15-25-23(31)37-17(3)36-21(29)13-9-12-20(16-35-26-32)38-28(33)34/h6-8,10-11,17,19-20H,4-5,9,12-16H2,1-3H3,(H,25,31)/t17?,19-,20?,24+/m1/s1. The maximum Gasteiger partial charge on any atom is 0.410 e. The number of likely N-dealkylation sites (N-methyl/N-ethyl adjacent to an activating group) is 1. The summed E-state index contributed by atoms with van der Waals surface area (Å²) < 4.78 is 10.1. The van der Waals surface area contributed by atoms with Gasteiger partial charge >= 0.3 is 12.1 Å². The Kier molecular flexibility index (Phi) is 11.7. The maximum atomic E-state index is 13.3. The summed E-state index contributed by atoms with van der Waals surface area (Å²) in [5, 5.41) is 14.2. The van der Waals surface area contributed by atoms with Crippen LogP contribution in [0.25, 0.3) is 0 Å². The highest BCUT2D eigenvalue weighted by Gasteiger charge is 2.61. The highest BCUT2D eigenvalue weighted by molar-refractivity contribution is 5.92. The molecule has 0 heterocycles. The molecule has 2 unspecified atom stereocenters. The molecule has 1 aliphatic carbocycles. The van der Waals surface area contributed by atoms with E-state index in [4.69, 9.17) is 9.47 Å². The first-order valence-corrected chi connectivity index (χ1v) is 12.4. The van der Waals surface area contributed by atoms with Crippen molar-refractivity contribution in [1.29, 1.82) is 0 Å². The van der Waals surface area contributed by atoms with Crippen LogP contribution in [0.2, 0.25) is 0 Å². The van der Waals surface area contributed by atoms with Crippen LogP contribution >= 0.6 is 0 Å². The molecular weight excluding hydrogens is 504 g/mol. The zero-order valence-electron chi connectivity index (χ0n) is 21.7. The Balaban J connectivity index is 1.80. The summed E-state index contributed by atoms with van der Waals surface area (Å²) >= 11 is 0. The lowest BCUT2D eigenvalue weighted by Crippen LogP contribution is -2.41. The van der Waals surface area contributed by atoms with Gasteiger partial charge in [0.1, 0.15) is 12.7 Å². The van der Waals surface area contributed by atoms with Crippen LogP contribution in [0.3, 0.4) is 0 Å². The molecule has 0 bridgehead atoms. The van der Waals surface area contributed by atoms with Crippen LogP contribution in [0, 0.1) is 20.9 Å². The Morgan fingerprint density at radius 1 is 1.21 bits per heavy atom. The van der Waals surface area contributed by atoms with Crippen molar-refractivity contribution in [2.45, 2.75) is 64.3 Å². The minimum Gasteiger partial charge on any atom is -0.425 e. The average molecular weight is 539 g/mol. The second-order valence-corrected chi connectivity index (χ2v) is 8.77. The van der Waals surface area contributed by atoms with E-state index in [1.165, 1.54) is 6.92 Å². The van der Waals surface area contributed by atoms with E-state index in [-0.39, 0.29) is 37.6 Å². The van der Waals surface area contributed by atoms with Gasteiger partial charge in [-0.15, -0.1) is 15.0 Å². The van der Waals surface area contributed by atoms with Crippen molar-refractivity contribution in [2.24, 2.45) is 11.3 Å². The molecular formula is C24H34N4O10. The van der Waals surface area contributed by atoms with Gasteiger partial charge in [0.15, 0.2) is 5.34 Å². The van der Waals surface area contributed by atoms with Gasteiger partial charge in [0.25, 0.3) is 5.09 Å². The minimum absolute atomic E-state index is 0.0241. The van der Waals surface area contributed by atoms with Crippen LogP contribution < -0.4 is 5.32 Å². The summed E-state index contributed by atoms with van der Waals surface area (Å²) in [6, 6.07) is 9.47. The van der Waals surface area contributed by atoms with Crippen LogP contribution in [-0.2, 0) is 34.2 Å². The fraction of sp³-hybridized carbons (Fsp3) is 0.625. The molecule has 1 fully saturated rings. The summed E-state index contributed by atoms with van der Waals surface area (Å²) in [7, 11) is 0. The van der Waals surface area contributed by atoms with Crippen LogP contribution in [0.4, 0.5) is 4.79 Å². The maximum absolute atomic E-state index is 13.3. The van der Waals surface area contributed by atoms with Crippen molar-refractivity contribution in [2.75, 3.05) is 26.2 Å². The second-order valence-electron chi connectivity index (χ2n) is 8.77. The molecule has 1 aliphatic rings. The number of carbonyl (C=O) groups is 3. The van der Waals surface area contributed by atoms with Gasteiger partial charge in [-0.2, -0.15) is 0 Å². The monoisotopic (exact) mass is 538 g/mol. The van der Waals surface area contributed by atoms with Gasteiger partial charge < -0.3 is 29.4 Å². The van der Waals surface area contributed by atoms with E-state index in [0.29, 0.717) is 19.5 Å². The van der Waals surface area contributed by atoms with Gasteiger partial charge in [-0.05, 0) is 44.6 Å². The number of alkyl carbamates (subject to hydrolysis) is 1. The molecule has 14 heteroatoms. The Labute approximate surface area is 219 Å². The number of ether oxygens (including phenoxy) is 2. The molecule has 1 aromatic carbocycles. The number of hydrogen-bond donors (Lipinski definition) is 1. The van der Waals surface area contributed by atoms with E-state index in [2.05, 4.69) is 20.3 Å². The number of amides is 2. The molecule has 0 spiro atoms. The third-order valence-corrected chi connectivity index (χ3v) is 6.34. The predicted molar refractivity (Wildman–Crippen MR) is 132 cm³/mol. The Morgan fingerprint density at radius 2 is 1.89 bits per heavy atom. The molecule has 0 saturated heterocycles. The summed E-state index contributed by atoms with van der Waals surface area (Å²) in [6.07, 6.45) is -2.46. The number of rotatable bonds is 17. The predicted octanol–water partition coefficient (Wildman–Crippen LogP) is 2.87. The molecule has 4 atom stereocenters. The molecule has 1 N–H and O–H groups in total. The zero-order valence-corrected chi connectivity index (χ0v) is 21.7. The van der Waals surface area contributed by atoms with Gasteiger partial charge in [-0.1, -0.05) is 30.3 Å². The lowest BCUT2D eigenvalue weighted by atomic mass is 9.91. The normalized spacial score (nSPS) is 19.3. The molecule has 210 valence electrons. The third kappa shape index (κ3) is 8.56. The van der Waals surface area contributed by atoms with Crippen molar-refractivity contribution >= 4 is 18.0 Å². The fourth-order valence-electron chi connectivity index (χ4n) is 4.39. The molecule has 0 aliphatic heterocycles. The van der Waals surface area contributed by atoms with Crippen molar-refractivity contribution in [3.05, 3.63) is 50.9 Å². The molecule has 2 amide bonds. The largest absolute Gasteiger partial charge is 0.425 e. The third-order valence-electron chi connectivity index (χ3n) is 6.34. The summed E-state index contributed by atoms with van der Waals surface area (Å²) in [6.45, 7) is 6.16. The first-order valence-electron chi connectivity index (χ1n) is 12.4. The van der Waals surface area contributed by atoms with Crippen molar-refractivity contribution in [1.82, 2.24) is 10.2 Å². The van der Waals surface area contributed by atoms with E-state index in [1.54, 1.807) is 4.90 Å². The second kappa shape index (κ2) is 14.7. The van der Waals surface area contributed by atoms with Gasteiger partial charge in [0.2, 0.25) is 12.2 Å². The topological polar surface area (TPSA) is 176 Å². The first-order chi connectivity index (χ1) is 18.2. The van der Waals surface area contributed by atoms with E-state index in [9.17, 15) is 29.4 Å².